The van der Waals surface area contributed by atoms with Gasteiger partial charge in [0, 0.05) is 5.56 Å². The Labute approximate surface area is 194 Å². The molecule has 0 saturated carbocycles. The number of imidazole rings is 1. The second-order valence-corrected chi connectivity index (χ2v) is 8.51. The summed E-state index contributed by atoms with van der Waals surface area (Å²) in [5, 5.41) is 0. The number of benzene rings is 3. The number of rotatable bonds is 7. The number of ether oxygens (including phenoxy) is 3. The molecule has 2 heterocycles. The number of methoxy groups -OCH3 is 1. The van der Waals surface area contributed by atoms with Crippen molar-refractivity contribution in [1.82, 2.24) is 9.38 Å². The van der Waals surface area contributed by atoms with Crippen LogP contribution in [-0.2, 0) is 0 Å². The molecule has 0 aliphatic carbocycles. The highest BCUT2D eigenvalue weighted by Gasteiger charge is 2.12. The van der Waals surface area contributed by atoms with E-state index in [1.807, 2.05) is 79.7 Å². The van der Waals surface area contributed by atoms with E-state index in [1.54, 1.807) is 11.5 Å². The lowest BCUT2D eigenvalue weighted by atomic mass is 10.2. The molecule has 5 aromatic rings. The monoisotopic (exact) mass is 458 g/mol. The largest absolute Gasteiger partial charge is 0.497 e. The number of nitrogens with zero attached hydrogens (tertiary/aromatic N) is 2. The Kier molecular flexibility index (Phi) is 5.71. The van der Waals surface area contributed by atoms with E-state index in [1.165, 1.54) is 11.3 Å². The molecule has 2 aromatic heterocycles. The van der Waals surface area contributed by atoms with Gasteiger partial charge in [-0.15, -0.1) is 0 Å². The zero-order valence-corrected chi connectivity index (χ0v) is 19.1. The average Bonchev–Trinajstić information content (AvgIpc) is 3.34. The van der Waals surface area contributed by atoms with E-state index in [9.17, 15) is 4.79 Å². The molecule has 0 atom stereocenters. The summed E-state index contributed by atoms with van der Waals surface area (Å²) in [5.41, 5.74) is 3.36. The highest BCUT2D eigenvalue weighted by molar-refractivity contribution is 7.15. The molecule has 0 bridgehead atoms. The first-order valence-corrected chi connectivity index (χ1v) is 11.4. The lowest BCUT2D eigenvalue weighted by molar-refractivity contribution is 0.216. The van der Waals surface area contributed by atoms with Crippen LogP contribution in [0.15, 0.2) is 71.5 Å². The molecule has 0 aliphatic rings. The van der Waals surface area contributed by atoms with Crippen molar-refractivity contribution in [3.63, 3.8) is 0 Å². The minimum Gasteiger partial charge on any atom is -0.497 e. The minimum absolute atomic E-state index is 0.0969. The lowest BCUT2D eigenvalue weighted by Gasteiger charge is -2.12. The van der Waals surface area contributed by atoms with E-state index in [4.69, 9.17) is 14.2 Å². The molecular formula is C26H22N2O4S. The first kappa shape index (κ1) is 21.0. The zero-order valence-electron chi connectivity index (χ0n) is 18.3. The van der Waals surface area contributed by atoms with Crippen LogP contribution in [0.2, 0.25) is 0 Å². The first-order valence-electron chi connectivity index (χ1n) is 10.5. The molecule has 0 radical (unpaired) electrons. The lowest BCUT2D eigenvalue weighted by Crippen LogP contribution is -2.22. The van der Waals surface area contributed by atoms with E-state index >= 15 is 0 Å². The van der Waals surface area contributed by atoms with Crippen LogP contribution in [0.3, 0.4) is 0 Å². The minimum atomic E-state index is -0.0969. The molecule has 0 amide bonds. The molecule has 0 saturated heterocycles. The molecule has 0 unspecified atom stereocenters. The Morgan fingerprint density at radius 3 is 2.55 bits per heavy atom. The summed E-state index contributed by atoms with van der Waals surface area (Å²) in [6, 6.07) is 21.0. The van der Waals surface area contributed by atoms with E-state index in [2.05, 4.69) is 4.98 Å². The number of aryl methyl sites for hydroxylation is 1. The van der Waals surface area contributed by atoms with Crippen molar-refractivity contribution in [2.75, 3.05) is 20.3 Å². The fraction of sp³-hybridized carbons (Fsp3) is 0.154. The summed E-state index contributed by atoms with van der Waals surface area (Å²) < 4.78 is 19.5. The maximum Gasteiger partial charge on any atom is 0.274 e. The number of hydrogen-bond acceptors (Lipinski definition) is 6. The quantitative estimate of drug-likeness (QED) is 0.342. The van der Waals surface area contributed by atoms with Crippen molar-refractivity contribution in [2.24, 2.45) is 0 Å². The highest BCUT2D eigenvalue weighted by Crippen LogP contribution is 2.25. The Bertz CT molecular complexity index is 1550. The van der Waals surface area contributed by atoms with Crippen LogP contribution in [0.1, 0.15) is 11.1 Å². The fourth-order valence-electron chi connectivity index (χ4n) is 3.67. The molecule has 0 spiro atoms. The Morgan fingerprint density at radius 2 is 1.73 bits per heavy atom. The van der Waals surface area contributed by atoms with Crippen LogP contribution >= 0.6 is 11.3 Å². The number of fused-ring (bicyclic) bond motifs is 3. The van der Waals surface area contributed by atoms with Crippen LogP contribution in [0.25, 0.3) is 22.1 Å². The third-order valence-electron chi connectivity index (χ3n) is 5.34. The van der Waals surface area contributed by atoms with Gasteiger partial charge in [-0.1, -0.05) is 41.7 Å². The highest BCUT2D eigenvalue weighted by atomic mass is 32.1. The van der Waals surface area contributed by atoms with Gasteiger partial charge < -0.3 is 14.2 Å². The maximum absolute atomic E-state index is 13.1. The summed E-state index contributed by atoms with van der Waals surface area (Å²) in [6.07, 6.45) is 1.83. The van der Waals surface area contributed by atoms with E-state index in [0.717, 1.165) is 27.9 Å². The predicted octanol–water partition coefficient (Wildman–Crippen LogP) is 4.23. The van der Waals surface area contributed by atoms with Crippen molar-refractivity contribution < 1.29 is 14.2 Å². The van der Waals surface area contributed by atoms with E-state index in [0.29, 0.717) is 34.2 Å². The van der Waals surface area contributed by atoms with Crippen molar-refractivity contribution in [1.29, 1.82) is 0 Å². The smallest absolute Gasteiger partial charge is 0.274 e. The normalized spacial score (nSPS) is 11.9. The summed E-state index contributed by atoms with van der Waals surface area (Å²) in [5.74, 6) is 2.18. The summed E-state index contributed by atoms with van der Waals surface area (Å²) in [7, 11) is 1.61. The number of para-hydroxylation sites is 3. The van der Waals surface area contributed by atoms with Crippen molar-refractivity contribution in [3.8, 4) is 17.2 Å². The number of aromatic nitrogens is 2. The molecule has 0 aliphatic heterocycles. The number of thiazole rings is 1. The average molecular weight is 459 g/mol. The first-order chi connectivity index (χ1) is 16.1. The van der Waals surface area contributed by atoms with Crippen LogP contribution in [0.5, 0.6) is 17.2 Å². The van der Waals surface area contributed by atoms with Crippen molar-refractivity contribution in [3.05, 3.63) is 92.7 Å². The number of hydrogen-bond donors (Lipinski definition) is 0. The second-order valence-electron chi connectivity index (χ2n) is 7.50. The van der Waals surface area contributed by atoms with Gasteiger partial charge in [0.25, 0.3) is 5.56 Å². The van der Waals surface area contributed by atoms with Crippen LogP contribution < -0.4 is 24.3 Å². The molecule has 7 heteroatoms. The molecule has 166 valence electrons. The molecular weight excluding hydrogens is 436 g/mol. The van der Waals surface area contributed by atoms with Gasteiger partial charge in [-0.25, -0.2) is 9.38 Å². The summed E-state index contributed by atoms with van der Waals surface area (Å²) in [6.45, 7) is 2.78. The van der Waals surface area contributed by atoms with Gasteiger partial charge in [-0.2, -0.15) is 0 Å². The van der Waals surface area contributed by atoms with Crippen LogP contribution in [0, 0.1) is 6.92 Å². The molecule has 5 rings (SSSR count). The predicted molar refractivity (Wildman–Crippen MR) is 131 cm³/mol. The van der Waals surface area contributed by atoms with Crippen molar-refractivity contribution in [2.45, 2.75) is 6.92 Å². The van der Waals surface area contributed by atoms with Crippen molar-refractivity contribution >= 4 is 33.4 Å². The third-order valence-corrected chi connectivity index (χ3v) is 6.31. The Hall–Kier alpha value is -3.84. The molecule has 6 nitrogen and oxygen atoms in total. The second kappa shape index (κ2) is 8.96. The standard InChI is InChI=1S/C26H22N2O4S/c1-17-7-3-6-10-22(17)31-13-14-32-23-12-11-19(30-2)15-18(23)16-24-25(29)28-21-9-5-4-8-20(21)27-26(28)33-24/h3-12,15-16H,13-14H2,1-2H3/b24-16-. The van der Waals surface area contributed by atoms with Gasteiger partial charge in [-0.05, 0) is 55.0 Å². The van der Waals surface area contributed by atoms with Gasteiger partial charge in [0.2, 0.25) is 0 Å². The van der Waals surface area contributed by atoms with Gasteiger partial charge in [0.05, 0.1) is 22.7 Å². The van der Waals surface area contributed by atoms with Gasteiger partial charge in [0.15, 0.2) is 4.96 Å². The van der Waals surface area contributed by atoms with Gasteiger partial charge >= 0.3 is 0 Å². The zero-order chi connectivity index (χ0) is 22.8. The molecule has 0 fully saturated rings. The topological polar surface area (TPSA) is 62.1 Å². The fourth-order valence-corrected chi connectivity index (χ4v) is 4.65. The molecule has 33 heavy (non-hydrogen) atoms. The van der Waals surface area contributed by atoms with Crippen LogP contribution in [0.4, 0.5) is 0 Å². The SMILES string of the molecule is COc1ccc(OCCOc2ccccc2C)c(/C=c2\sc3nc4ccccc4n3c2=O)c1. The maximum atomic E-state index is 13.1. The molecule has 3 aromatic carbocycles. The van der Waals surface area contributed by atoms with Gasteiger partial charge in [0.1, 0.15) is 30.5 Å². The molecule has 0 N–H and O–H groups in total. The summed E-state index contributed by atoms with van der Waals surface area (Å²) in [4.78, 5) is 18.4. The summed E-state index contributed by atoms with van der Waals surface area (Å²) >= 11 is 1.36. The van der Waals surface area contributed by atoms with E-state index < -0.39 is 0 Å². The van der Waals surface area contributed by atoms with E-state index in [-0.39, 0.29) is 5.56 Å². The van der Waals surface area contributed by atoms with Crippen LogP contribution in [-0.4, -0.2) is 29.7 Å². The van der Waals surface area contributed by atoms with Gasteiger partial charge in [-0.3, -0.25) is 4.79 Å². The Balaban J connectivity index is 1.44. The Morgan fingerprint density at radius 1 is 0.970 bits per heavy atom. The third kappa shape index (κ3) is 4.15.